The monoisotopic (exact) mass is 268 g/mol. The number of hydrogen-bond donors (Lipinski definition) is 2. The quantitative estimate of drug-likeness (QED) is 0.880. The molecule has 0 bridgehead atoms. The minimum absolute atomic E-state index is 0.00907. The van der Waals surface area contributed by atoms with Crippen molar-refractivity contribution in [2.24, 2.45) is 0 Å². The summed E-state index contributed by atoms with van der Waals surface area (Å²) in [5.74, 6) is -1.56. The lowest BCUT2D eigenvalue weighted by atomic mass is 10.3. The van der Waals surface area contributed by atoms with Gasteiger partial charge in [-0.05, 0) is 6.92 Å². The number of nitrogens with one attached hydrogen (secondary N) is 1. The Morgan fingerprint density at radius 3 is 2.89 bits per heavy atom. The van der Waals surface area contributed by atoms with Gasteiger partial charge in [-0.1, -0.05) is 0 Å². The number of aromatic nitrogens is 2. The van der Waals surface area contributed by atoms with E-state index >= 15 is 0 Å². The van der Waals surface area contributed by atoms with E-state index in [0.29, 0.717) is 6.54 Å². The van der Waals surface area contributed by atoms with Crippen molar-refractivity contribution in [3.63, 3.8) is 0 Å². The van der Waals surface area contributed by atoms with Crippen LogP contribution >= 0.6 is 0 Å². The standard InChI is InChI=1S/C12H14F2N4O/c1-2-16-10(19)3-4-18-9-6-7(13)5-8(14)11(9)17-12(18)15/h5-6H,2-4H2,1H3,(H2,15,17)(H,16,19). The maximum Gasteiger partial charge on any atom is 0.221 e. The van der Waals surface area contributed by atoms with Crippen molar-refractivity contribution in [3.8, 4) is 0 Å². The van der Waals surface area contributed by atoms with Gasteiger partial charge in [0, 0.05) is 31.6 Å². The maximum absolute atomic E-state index is 13.5. The van der Waals surface area contributed by atoms with Gasteiger partial charge in [0.05, 0.1) is 5.52 Å². The van der Waals surface area contributed by atoms with Gasteiger partial charge in [0.15, 0.2) is 5.82 Å². The van der Waals surface area contributed by atoms with Crippen molar-refractivity contribution in [2.45, 2.75) is 19.9 Å². The number of halogens is 2. The van der Waals surface area contributed by atoms with E-state index in [4.69, 9.17) is 5.73 Å². The molecular formula is C12H14F2N4O. The zero-order valence-electron chi connectivity index (χ0n) is 10.4. The van der Waals surface area contributed by atoms with Crippen LogP contribution in [0, 0.1) is 11.6 Å². The molecule has 3 N–H and O–H groups in total. The van der Waals surface area contributed by atoms with Gasteiger partial charge >= 0.3 is 0 Å². The Balaban J connectivity index is 2.32. The normalized spacial score (nSPS) is 10.9. The highest BCUT2D eigenvalue weighted by atomic mass is 19.1. The number of fused-ring (bicyclic) bond motifs is 1. The summed E-state index contributed by atoms with van der Waals surface area (Å²) < 4.78 is 28.1. The number of hydrogen-bond acceptors (Lipinski definition) is 3. The number of nitrogens with two attached hydrogens (primary N) is 1. The van der Waals surface area contributed by atoms with Gasteiger partial charge in [0.25, 0.3) is 0 Å². The molecule has 0 saturated heterocycles. The third kappa shape index (κ3) is 2.64. The van der Waals surface area contributed by atoms with E-state index < -0.39 is 11.6 Å². The third-order valence-electron chi connectivity index (χ3n) is 2.74. The van der Waals surface area contributed by atoms with E-state index in [9.17, 15) is 13.6 Å². The predicted octanol–water partition coefficient (Wildman–Crippen LogP) is 1.42. The SMILES string of the molecule is CCNC(=O)CCn1c(N)nc2c(F)cc(F)cc21. The van der Waals surface area contributed by atoms with E-state index in [1.54, 1.807) is 0 Å². The summed E-state index contributed by atoms with van der Waals surface area (Å²) in [6.07, 6.45) is 0.168. The number of benzene rings is 1. The first-order valence-corrected chi connectivity index (χ1v) is 5.90. The smallest absolute Gasteiger partial charge is 0.221 e. The molecule has 1 amide bonds. The van der Waals surface area contributed by atoms with Crippen LogP contribution in [0.25, 0.3) is 11.0 Å². The number of carbonyl (C=O) groups excluding carboxylic acids is 1. The van der Waals surface area contributed by atoms with Crippen LogP contribution in [0.2, 0.25) is 0 Å². The van der Waals surface area contributed by atoms with Crippen LogP contribution in [-0.4, -0.2) is 22.0 Å². The summed E-state index contributed by atoms with van der Waals surface area (Å²) in [4.78, 5) is 15.2. The molecule has 0 atom stereocenters. The molecule has 2 rings (SSSR count). The van der Waals surface area contributed by atoms with Crippen LogP contribution in [0.4, 0.5) is 14.7 Å². The van der Waals surface area contributed by atoms with Gasteiger partial charge in [-0.3, -0.25) is 4.79 Å². The molecular weight excluding hydrogens is 254 g/mol. The van der Waals surface area contributed by atoms with Crippen molar-refractivity contribution in [2.75, 3.05) is 12.3 Å². The van der Waals surface area contributed by atoms with Crippen LogP contribution in [0.3, 0.4) is 0 Å². The van der Waals surface area contributed by atoms with Gasteiger partial charge in [-0.15, -0.1) is 0 Å². The molecule has 0 spiro atoms. The minimum Gasteiger partial charge on any atom is -0.369 e. The Kier molecular flexibility index (Phi) is 3.64. The highest BCUT2D eigenvalue weighted by molar-refractivity contribution is 5.80. The molecule has 2 aromatic rings. The van der Waals surface area contributed by atoms with Gasteiger partial charge in [0.1, 0.15) is 11.3 Å². The van der Waals surface area contributed by atoms with Crippen molar-refractivity contribution >= 4 is 22.9 Å². The molecule has 0 unspecified atom stereocenters. The average molecular weight is 268 g/mol. The Morgan fingerprint density at radius 1 is 1.47 bits per heavy atom. The van der Waals surface area contributed by atoms with Crippen molar-refractivity contribution < 1.29 is 13.6 Å². The number of aryl methyl sites for hydroxylation is 1. The zero-order valence-corrected chi connectivity index (χ0v) is 10.4. The van der Waals surface area contributed by atoms with E-state index in [1.165, 1.54) is 4.57 Å². The summed E-state index contributed by atoms with van der Waals surface area (Å²) in [6.45, 7) is 2.56. The van der Waals surface area contributed by atoms with Gasteiger partial charge < -0.3 is 15.6 Å². The van der Waals surface area contributed by atoms with Crippen LogP contribution in [0.5, 0.6) is 0 Å². The fourth-order valence-electron chi connectivity index (χ4n) is 1.90. The van der Waals surface area contributed by atoms with Crippen molar-refractivity contribution in [3.05, 3.63) is 23.8 Å². The maximum atomic E-state index is 13.5. The summed E-state index contributed by atoms with van der Waals surface area (Å²) in [5.41, 5.74) is 5.92. The molecule has 1 aromatic heterocycles. The summed E-state index contributed by atoms with van der Waals surface area (Å²) in [5, 5.41) is 2.64. The molecule has 7 heteroatoms. The second-order valence-corrected chi connectivity index (χ2v) is 4.08. The Hall–Kier alpha value is -2.18. The molecule has 1 aromatic carbocycles. The van der Waals surface area contributed by atoms with Crippen molar-refractivity contribution in [1.82, 2.24) is 14.9 Å². The number of nitrogen functional groups attached to an aromatic ring is 1. The second-order valence-electron chi connectivity index (χ2n) is 4.08. The molecule has 0 fully saturated rings. The minimum atomic E-state index is -0.765. The van der Waals surface area contributed by atoms with Crippen LogP contribution in [0.15, 0.2) is 12.1 Å². The van der Waals surface area contributed by atoms with E-state index in [-0.39, 0.29) is 35.9 Å². The van der Waals surface area contributed by atoms with Crippen LogP contribution in [-0.2, 0) is 11.3 Å². The Morgan fingerprint density at radius 2 is 2.21 bits per heavy atom. The third-order valence-corrected chi connectivity index (χ3v) is 2.74. The van der Waals surface area contributed by atoms with Gasteiger partial charge in [-0.25, -0.2) is 13.8 Å². The molecule has 102 valence electrons. The molecule has 0 saturated carbocycles. The first-order valence-electron chi connectivity index (χ1n) is 5.90. The summed E-state index contributed by atoms with van der Waals surface area (Å²) in [6, 6.07) is 1.91. The van der Waals surface area contributed by atoms with E-state index in [1.807, 2.05) is 6.92 Å². The highest BCUT2D eigenvalue weighted by Gasteiger charge is 2.14. The zero-order chi connectivity index (χ0) is 14.0. The second kappa shape index (κ2) is 5.21. The average Bonchev–Trinajstić information content (AvgIpc) is 2.64. The molecule has 5 nitrogen and oxygen atoms in total. The molecule has 0 radical (unpaired) electrons. The molecule has 0 aliphatic heterocycles. The number of carbonyl (C=O) groups is 1. The van der Waals surface area contributed by atoms with Crippen LogP contribution in [0.1, 0.15) is 13.3 Å². The number of nitrogens with zero attached hydrogens (tertiary/aromatic N) is 2. The van der Waals surface area contributed by atoms with E-state index in [2.05, 4.69) is 10.3 Å². The number of amides is 1. The fourth-order valence-corrected chi connectivity index (χ4v) is 1.90. The molecule has 0 aliphatic rings. The summed E-state index contributed by atoms with van der Waals surface area (Å²) >= 11 is 0. The Labute approximate surface area is 108 Å². The number of anilines is 1. The largest absolute Gasteiger partial charge is 0.369 e. The van der Waals surface area contributed by atoms with Gasteiger partial charge in [-0.2, -0.15) is 0 Å². The van der Waals surface area contributed by atoms with Crippen LogP contribution < -0.4 is 11.1 Å². The summed E-state index contributed by atoms with van der Waals surface area (Å²) in [7, 11) is 0. The Bertz CT molecular complexity index is 624. The molecule has 1 heterocycles. The lowest BCUT2D eigenvalue weighted by Gasteiger charge is -2.06. The topological polar surface area (TPSA) is 72.9 Å². The highest BCUT2D eigenvalue weighted by Crippen LogP contribution is 2.22. The molecule has 19 heavy (non-hydrogen) atoms. The van der Waals surface area contributed by atoms with Gasteiger partial charge in [0.2, 0.25) is 11.9 Å². The number of rotatable bonds is 4. The first-order chi connectivity index (χ1) is 9.02. The lowest BCUT2D eigenvalue weighted by Crippen LogP contribution is -2.24. The fraction of sp³-hybridized carbons (Fsp3) is 0.333. The van der Waals surface area contributed by atoms with Crippen molar-refractivity contribution in [1.29, 1.82) is 0 Å². The first kappa shape index (κ1) is 13.3. The predicted molar refractivity (Wildman–Crippen MR) is 67.4 cm³/mol. The number of imidazole rings is 1. The molecule has 0 aliphatic carbocycles. The van der Waals surface area contributed by atoms with E-state index in [0.717, 1.165) is 12.1 Å². The lowest BCUT2D eigenvalue weighted by molar-refractivity contribution is -0.121.